The van der Waals surface area contributed by atoms with Gasteiger partial charge in [-0.15, -0.1) is 0 Å². The fraction of sp³-hybridized carbons (Fsp3) is 0.0625. The summed E-state index contributed by atoms with van der Waals surface area (Å²) in [6.07, 6.45) is -0.0321. The van der Waals surface area contributed by atoms with Crippen LogP contribution in [0.5, 0.6) is 5.75 Å². The summed E-state index contributed by atoms with van der Waals surface area (Å²) in [7, 11) is 0. The number of hydrogen-bond acceptors (Lipinski definition) is 4. The zero-order valence-electron chi connectivity index (χ0n) is 10.5. The van der Waals surface area contributed by atoms with Crippen molar-refractivity contribution in [3.8, 4) is 5.75 Å². The van der Waals surface area contributed by atoms with Crippen molar-refractivity contribution in [2.24, 2.45) is 0 Å². The number of aliphatic hydroxyl groups excluding tert-OH is 1. The Labute approximate surface area is 114 Å². The van der Waals surface area contributed by atoms with E-state index in [1.54, 1.807) is 12.1 Å². The molecule has 0 aliphatic heterocycles. The van der Waals surface area contributed by atoms with Crippen molar-refractivity contribution in [1.82, 2.24) is 0 Å². The number of rotatable bonds is 2. The summed E-state index contributed by atoms with van der Waals surface area (Å²) >= 11 is 0. The summed E-state index contributed by atoms with van der Waals surface area (Å²) in [6, 6.07) is 14.2. The molecule has 0 saturated heterocycles. The fourth-order valence-electron chi connectivity index (χ4n) is 2.15. The number of fused-ring (bicyclic) bond motifs is 1. The highest BCUT2D eigenvalue weighted by molar-refractivity contribution is 5.83. The van der Waals surface area contributed by atoms with Crippen molar-refractivity contribution in [2.45, 2.75) is 6.10 Å². The van der Waals surface area contributed by atoms with Gasteiger partial charge in [0, 0.05) is 6.07 Å². The SMILES string of the molecule is O=c1ccoc(C(O)c2ccc3ccccc3c2)c1O. The highest BCUT2D eigenvalue weighted by atomic mass is 16.4. The molecule has 2 aromatic carbocycles. The Morgan fingerprint density at radius 1 is 1.00 bits per heavy atom. The fourth-order valence-corrected chi connectivity index (χ4v) is 2.15. The molecule has 20 heavy (non-hydrogen) atoms. The molecule has 4 nitrogen and oxygen atoms in total. The van der Waals surface area contributed by atoms with Gasteiger partial charge in [0.05, 0.1) is 6.26 Å². The molecule has 0 radical (unpaired) electrons. The molecule has 3 rings (SSSR count). The molecule has 1 atom stereocenters. The van der Waals surface area contributed by atoms with E-state index in [2.05, 4.69) is 0 Å². The first-order chi connectivity index (χ1) is 9.66. The number of aromatic hydroxyl groups is 1. The third-order valence-corrected chi connectivity index (χ3v) is 3.22. The predicted molar refractivity (Wildman–Crippen MR) is 74.7 cm³/mol. The maximum absolute atomic E-state index is 11.4. The first kappa shape index (κ1) is 12.4. The third-order valence-electron chi connectivity index (χ3n) is 3.22. The Morgan fingerprint density at radius 2 is 1.75 bits per heavy atom. The van der Waals surface area contributed by atoms with Crippen LogP contribution in [0.15, 0.2) is 64.0 Å². The van der Waals surface area contributed by atoms with Gasteiger partial charge in [0.2, 0.25) is 11.2 Å². The van der Waals surface area contributed by atoms with E-state index < -0.39 is 17.3 Å². The Balaban J connectivity index is 2.10. The van der Waals surface area contributed by atoms with E-state index in [9.17, 15) is 15.0 Å². The Morgan fingerprint density at radius 3 is 2.55 bits per heavy atom. The standard InChI is InChI=1S/C16H12O4/c17-13-7-8-20-16(15(13)19)14(18)12-6-5-10-3-1-2-4-11(10)9-12/h1-9,14,18-19H. The van der Waals surface area contributed by atoms with Crippen molar-refractivity contribution in [3.63, 3.8) is 0 Å². The molecule has 1 heterocycles. The molecule has 0 fully saturated rings. The van der Waals surface area contributed by atoms with Gasteiger partial charge in [0.15, 0.2) is 5.76 Å². The van der Waals surface area contributed by atoms with Crippen molar-refractivity contribution >= 4 is 10.8 Å². The first-order valence-corrected chi connectivity index (χ1v) is 6.14. The lowest BCUT2D eigenvalue weighted by molar-refractivity contribution is 0.179. The number of benzene rings is 2. The van der Waals surface area contributed by atoms with Crippen LogP contribution in [0.2, 0.25) is 0 Å². The monoisotopic (exact) mass is 268 g/mol. The van der Waals surface area contributed by atoms with Gasteiger partial charge < -0.3 is 14.6 Å². The van der Waals surface area contributed by atoms with Crippen LogP contribution in [0.4, 0.5) is 0 Å². The predicted octanol–water partition coefficient (Wildman–Crippen LogP) is 2.58. The van der Waals surface area contributed by atoms with E-state index in [0.29, 0.717) is 5.56 Å². The first-order valence-electron chi connectivity index (χ1n) is 6.14. The van der Waals surface area contributed by atoms with Gasteiger partial charge in [-0.1, -0.05) is 36.4 Å². The molecular weight excluding hydrogens is 256 g/mol. The van der Waals surface area contributed by atoms with Crippen LogP contribution in [0, 0.1) is 0 Å². The lowest BCUT2D eigenvalue weighted by Gasteiger charge is -2.11. The summed E-state index contributed by atoms with van der Waals surface area (Å²) in [5.41, 5.74) is -0.0283. The largest absolute Gasteiger partial charge is 0.502 e. The van der Waals surface area contributed by atoms with Gasteiger partial charge in [0.25, 0.3) is 0 Å². The maximum atomic E-state index is 11.4. The van der Waals surface area contributed by atoms with Crippen molar-refractivity contribution in [2.75, 3.05) is 0 Å². The second-order valence-corrected chi connectivity index (χ2v) is 4.51. The molecule has 4 heteroatoms. The molecule has 0 saturated carbocycles. The van der Waals surface area contributed by atoms with Gasteiger partial charge in [-0.05, 0) is 22.4 Å². The molecule has 1 unspecified atom stereocenters. The minimum Gasteiger partial charge on any atom is -0.502 e. The second kappa shape index (κ2) is 4.83. The van der Waals surface area contributed by atoms with Crippen LogP contribution in [-0.2, 0) is 0 Å². The van der Waals surface area contributed by atoms with Crippen LogP contribution in [0.25, 0.3) is 10.8 Å². The molecule has 0 aliphatic rings. The zero-order chi connectivity index (χ0) is 14.1. The van der Waals surface area contributed by atoms with Crippen LogP contribution in [0.3, 0.4) is 0 Å². The summed E-state index contributed by atoms with van der Waals surface area (Å²) in [4.78, 5) is 11.4. The average molecular weight is 268 g/mol. The summed E-state index contributed by atoms with van der Waals surface area (Å²) in [5, 5.41) is 21.9. The molecule has 0 amide bonds. The number of hydrogen-bond donors (Lipinski definition) is 2. The topological polar surface area (TPSA) is 70.7 Å². The normalized spacial score (nSPS) is 12.4. The van der Waals surface area contributed by atoms with E-state index in [-0.39, 0.29) is 5.76 Å². The minimum atomic E-state index is -1.19. The van der Waals surface area contributed by atoms with Crippen molar-refractivity contribution < 1.29 is 14.6 Å². The maximum Gasteiger partial charge on any atom is 0.226 e. The lowest BCUT2D eigenvalue weighted by atomic mass is 10.0. The van der Waals surface area contributed by atoms with Gasteiger partial charge in [-0.25, -0.2) is 0 Å². The Kier molecular flexibility index (Phi) is 3.00. The molecule has 3 aromatic rings. The zero-order valence-corrected chi connectivity index (χ0v) is 10.5. The summed E-state index contributed by atoms with van der Waals surface area (Å²) in [6.45, 7) is 0. The Hall–Kier alpha value is -2.59. The van der Waals surface area contributed by atoms with E-state index >= 15 is 0 Å². The smallest absolute Gasteiger partial charge is 0.226 e. The summed E-state index contributed by atoms with van der Waals surface area (Å²) < 4.78 is 5.07. The average Bonchev–Trinajstić information content (AvgIpc) is 2.49. The van der Waals surface area contributed by atoms with Crippen LogP contribution in [0.1, 0.15) is 17.4 Å². The van der Waals surface area contributed by atoms with Crippen molar-refractivity contribution in [1.29, 1.82) is 0 Å². The molecule has 2 N–H and O–H groups in total. The van der Waals surface area contributed by atoms with E-state index in [1.807, 2.05) is 30.3 Å². The van der Waals surface area contributed by atoms with Gasteiger partial charge >= 0.3 is 0 Å². The molecular formula is C16H12O4. The summed E-state index contributed by atoms with van der Waals surface area (Å²) in [5.74, 6) is -0.707. The highest BCUT2D eigenvalue weighted by Gasteiger charge is 2.19. The molecule has 0 spiro atoms. The van der Waals surface area contributed by atoms with Crippen LogP contribution >= 0.6 is 0 Å². The minimum absolute atomic E-state index is 0.146. The van der Waals surface area contributed by atoms with Gasteiger partial charge in [-0.3, -0.25) is 4.79 Å². The quantitative estimate of drug-likeness (QED) is 0.749. The van der Waals surface area contributed by atoms with E-state index in [0.717, 1.165) is 23.1 Å². The molecule has 100 valence electrons. The van der Waals surface area contributed by atoms with E-state index in [1.165, 1.54) is 0 Å². The van der Waals surface area contributed by atoms with E-state index in [4.69, 9.17) is 4.42 Å². The van der Waals surface area contributed by atoms with Gasteiger partial charge in [0.1, 0.15) is 6.10 Å². The highest BCUT2D eigenvalue weighted by Crippen LogP contribution is 2.28. The van der Waals surface area contributed by atoms with Crippen LogP contribution in [-0.4, -0.2) is 10.2 Å². The number of aliphatic hydroxyl groups is 1. The third kappa shape index (κ3) is 2.06. The molecule has 0 aliphatic carbocycles. The lowest BCUT2D eigenvalue weighted by Crippen LogP contribution is -2.06. The van der Waals surface area contributed by atoms with Gasteiger partial charge in [-0.2, -0.15) is 0 Å². The van der Waals surface area contributed by atoms with Crippen LogP contribution < -0.4 is 5.43 Å². The Bertz CT molecular complexity index is 820. The molecule has 1 aromatic heterocycles. The van der Waals surface area contributed by atoms with Crippen molar-refractivity contribution in [3.05, 3.63) is 76.3 Å². The second-order valence-electron chi connectivity index (χ2n) is 4.51. The molecule has 0 bridgehead atoms.